The summed E-state index contributed by atoms with van der Waals surface area (Å²) in [5, 5.41) is 0. The van der Waals surface area contributed by atoms with Gasteiger partial charge in [0, 0.05) is 11.8 Å². The van der Waals surface area contributed by atoms with Gasteiger partial charge >= 0.3 is 5.97 Å². The van der Waals surface area contributed by atoms with E-state index in [1.165, 1.54) is 7.11 Å². The molecule has 14 heavy (non-hydrogen) atoms. The van der Waals surface area contributed by atoms with Crippen LogP contribution in [0.5, 0.6) is 0 Å². The third-order valence-corrected chi connectivity index (χ3v) is 2.74. The highest BCUT2D eigenvalue weighted by Gasteiger charge is 2.38. The molecule has 3 nitrogen and oxygen atoms in total. The maximum atomic E-state index is 11.0. The van der Waals surface area contributed by atoms with E-state index in [9.17, 15) is 4.79 Å². The Morgan fingerprint density at radius 1 is 1.50 bits per heavy atom. The Morgan fingerprint density at radius 3 is 2.50 bits per heavy atom. The van der Waals surface area contributed by atoms with Crippen LogP contribution in [0.4, 0.5) is 0 Å². The van der Waals surface area contributed by atoms with Crippen LogP contribution in [0.25, 0.3) is 0 Å². The van der Waals surface area contributed by atoms with Crippen LogP contribution in [-0.4, -0.2) is 26.3 Å². The van der Waals surface area contributed by atoms with E-state index in [-0.39, 0.29) is 11.4 Å². The molecule has 1 aliphatic rings. The van der Waals surface area contributed by atoms with Gasteiger partial charge in [-0.1, -0.05) is 13.8 Å². The Morgan fingerprint density at radius 2 is 2.14 bits per heavy atom. The Hall–Kier alpha value is -0.570. The number of esters is 1. The Labute approximate surface area is 85.8 Å². The lowest BCUT2D eigenvalue weighted by molar-refractivity contribution is -0.149. The number of ether oxygens (including phenoxy) is 2. The van der Waals surface area contributed by atoms with Crippen molar-refractivity contribution in [1.82, 2.24) is 0 Å². The standard InChI is InChI=1S/C11H20O3/c1-9(2)6-11(7-14-8-11)5-4-10(12)13-3/h9H,4-8H2,1-3H3. The highest BCUT2D eigenvalue weighted by atomic mass is 16.5. The fraction of sp³-hybridized carbons (Fsp3) is 0.909. The van der Waals surface area contributed by atoms with E-state index < -0.39 is 0 Å². The fourth-order valence-electron chi connectivity index (χ4n) is 2.09. The first-order valence-electron chi connectivity index (χ1n) is 5.22. The summed E-state index contributed by atoms with van der Waals surface area (Å²) in [6.45, 7) is 6.03. The van der Waals surface area contributed by atoms with E-state index in [4.69, 9.17) is 4.74 Å². The maximum absolute atomic E-state index is 11.0. The molecule has 0 bridgehead atoms. The fourth-order valence-corrected chi connectivity index (χ4v) is 2.09. The summed E-state index contributed by atoms with van der Waals surface area (Å²) in [4.78, 5) is 11.0. The lowest BCUT2D eigenvalue weighted by Gasteiger charge is -2.42. The lowest BCUT2D eigenvalue weighted by Crippen LogP contribution is -2.43. The van der Waals surface area contributed by atoms with E-state index in [1.807, 2.05) is 0 Å². The quantitative estimate of drug-likeness (QED) is 0.637. The minimum absolute atomic E-state index is 0.111. The molecule has 1 heterocycles. The van der Waals surface area contributed by atoms with Gasteiger partial charge in [-0.05, 0) is 18.8 Å². The largest absolute Gasteiger partial charge is 0.469 e. The Balaban J connectivity index is 2.34. The third kappa shape index (κ3) is 2.98. The topological polar surface area (TPSA) is 35.5 Å². The van der Waals surface area contributed by atoms with Crippen molar-refractivity contribution in [2.24, 2.45) is 11.3 Å². The zero-order valence-corrected chi connectivity index (χ0v) is 9.34. The van der Waals surface area contributed by atoms with Gasteiger partial charge in [0.2, 0.25) is 0 Å². The first kappa shape index (κ1) is 11.5. The molecule has 0 spiro atoms. The molecule has 1 fully saturated rings. The second kappa shape index (κ2) is 4.78. The van der Waals surface area contributed by atoms with E-state index in [2.05, 4.69) is 18.6 Å². The van der Waals surface area contributed by atoms with Gasteiger partial charge in [-0.25, -0.2) is 0 Å². The van der Waals surface area contributed by atoms with Crippen molar-refractivity contribution in [2.45, 2.75) is 33.1 Å². The van der Waals surface area contributed by atoms with Crippen molar-refractivity contribution in [3.05, 3.63) is 0 Å². The molecular formula is C11H20O3. The van der Waals surface area contributed by atoms with Crippen LogP contribution in [0.3, 0.4) is 0 Å². The molecule has 0 saturated carbocycles. The number of hydrogen-bond acceptors (Lipinski definition) is 3. The number of rotatable bonds is 5. The second-order valence-electron chi connectivity index (χ2n) is 4.67. The third-order valence-electron chi connectivity index (χ3n) is 2.74. The maximum Gasteiger partial charge on any atom is 0.305 e. The summed E-state index contributed by atoms with van der Waals surface area (Å²) in [6, 6.07) is 0. The van der Waals surface area contributed by atoms with E-state index in [0.717, 1.165) is 26.1 Å². The summed E-state index contributed by atoms with van der Waals surface area (Å²) in [5.74, 6) is 0.552. The van der Waals surface area contributed by atoms with Gasteiger partial charge in [0.25, 0.3) is 0 Å². The molecule has 1 aliphatic heterocycles. The van der Waals surface area contributed by atoms with Crippen molar-refractivity contribution in [2.75, 3.05) is 20.3 Å². The minimum atomic E-state index is -0.111. The molecule has 0 aromatic carbocycles. The summed E-state index contributed by atoms with van der Waals surface area (Å²) in [6.07, 6.45) is 2.56. The zero-order chi connectivity index (χ0) is 10.6. The van der Waals surface area contributed by atoms with E-state index in [1.54, 1.807) is 0 Å². The number of carbonyl (C=O) groups is 1. The monoisotopic (exact) mass is 200 g/mol. The molecule has 0 aromatic rings. The molecule has 0 N–H and O–H groups in total. The Bertz CT molecular complexity index is 195. The van der Waals surface area contributed by atoms with Gasteiger partial charge in [0.05, 0.1) is 20.3 Å². The second-order valence-corrected chi connectivity index (χ2v) is 4.67. The van der Waals surface area contributed by atoms with Crippen LogP contribution in [-0.2, 0) is 14.3 Å². The molecule has 1 saturated heterocycles. The molecule has 3 heteroatoms. The summed E-state index contributed by atoms with van der Waals surface area (Å²) >= 11 is 0. The normalized spacial score (nSPS) is 19.1. The predicted molar refractivity (Wildman–Crippen MR) is 54.0 cm³/mol. The first-order valence-corrected chi connectivity index (χ1v) is 5.22. The van der Waals surface area contributed by atoms with E-state index in [0.29, 0.717) is 12.3 Å². The van der Waals surface area contributed by atoms with Crippen molar-refractivity contribution >= 4 is 5.97 Å². The SMILES string of the molecule is COC(=O)CCC1(CC(C)C)COC1. The van der Waals surface area contributed by atoms with Gasteiger partial charge in [-0.2, -0.15) is 0 Å². The minimum Gasteiger partial charge on any atom is -0.469 e. The summed E-state index contributed by atoms with van der Waals surface area (Å²) in [7, 11) is 1.44. The van der Waals surface area contributed by atoms with Gasteiger partial charge in [0.15, 0.2) is 0 Å². The average molecular weight is 200 g/mol. The zero-order valence-electron chi connectivity index (χ0n) is 9.34. The number of methoxy groups -OCH3 is 1. The smallest absolute Gasteiger partial charge is 0.305 e. The van der Waals surface area contributed by atoms with Gasteiger partial charge < -0.3 is 9.47 Å². The van der Waals surface area contributed by atoms with Crippen LogP contribution in [0, 0.1) is 11.3 Å². The molecule has 0 radical (unpaired) electrons. The highest BCUT2D eigenvalue weighted by molar-refractivity contribution is 5.69. The molecule has 0 unspecified atom stereocenters. The molecule has 0 aromatic heterocycles. The molecule has 0 aliphatic carbocycles. The molecule has 1 rings (SSSR count). The van der Waals surface area contributed by atoms with Crippen LogP contribution >= 0.6 is 0 Å². The van der Waals surface area contributed by atoms with Crippen molar-refractivity contribution in [1.29, 1.82) is 0 Å². The molecule has 82 valence electrons. The molecule has 0 atom stereocenters. The van der Waals surface area contributed by atoms with Gasteiger partial charge in [-0.3, -0.25) is 4.79 Å². The Kier molecular flexibility index (Phi) is 3.93. The summed E-state index contributed by atoms with van der Waals surface area (Å²) < 4.78 is 9.89. The highest BCUT2D eigenvalue weighted by Crippen LogP contribution is 2.38. The van der Waals surface area contributed by atoms with Crippen molar-refractivity contribution < 1.29 is 14.3 Å². The predicted octanol–water partition coefficient (Wildman–Crippen LogP) is 2.00. The van der Waals surface area contributed by atoms with Crippen LogP contribution in [0.2, 0.25) is 0 Å². The van der Waals surface area contributed by atoms with Crippen LogP contribution < -0.4 is 0 Å². The number of hydrogen-bond donors (Lipinski definition) is 0. The lowest BCUT2D eigenvalue weighted by atomic mass is 9.75. The molecular weight excluding hydrogens is 180 g/mol. The van der Waals surface area contributed by atoms with Gasteiger partial charge in [-0.15, -0.1) is 0 Å². The number of carbonyl (C=O) groups excluding carboxylic acids is 1. The average Bonchev–Trinajstić information content (AvgIpc) is 2.08. The van der Waals surface area contributed by atoms with Gasteiger partial charge in [0.1, 0.15) is 0 Å². The van der Waals surface area contributed by atoms with Crippen molar-refractivity contribution in [3.8, 4) is 0 Å². The van der Waals surface area contributed by atoms with Crippen LogP contribution in [0.15, 0.2) is 0 Å². The van der Waals surface area contributed by atoms with Crippen LogP contribution in [0.1, 0.15) is 33.1 Å². The first-order chi connectivity index (χ1) is 6.58. The molecule has 0 amide bonds. The summed E-state index contributed by atoms with van der Waals surface area (Å²) in [5.41, 5.74) is 0.252. The van der Waals surface area contributed by atoms with Crippen molar-refractivity contribution in [3.63, 3.8) is 0 Å². The van der Waals surface area contributed by atoms with E-state index >= 15 is 0 Å².